The highest BCUT2D eigenvalue weighted by Crippen LogP contribution is 2.36. The van der Waals surface area contributed by atoms with Crippen molar-refractivity contribution in [3.63, 3.8) is 0 Å². The number of ether oxygens (including phenoxy) is 1. The number of carbonyl (C=O) groups excluding carboxylic acids is 1. The highest BCUT2D eigenvalue weighted by molar-refractivity contribution is 5.92. The number of H-pyrrole nitrogens is 1. The molecule has 10 heteroatoms. The van der Waals surface area contributed by atoms with Gasteiger partial charge in [-0.1, -0.05) is 6.07 Å². The lowest BCUT2D eigenvalue weighted by molar-refractivity contribution is 0.0253. The SMILES string of the molecule is COc1cc(Nc2cc(C)[nH]n2)nc(N[C@@H]2C[C@H]3CCC[C@@H](C2)N3C(=O)c2ccccn2)n1. The van der Waals surface area contributed by atoms with Gasteiger partial charge in [-0.05, 0) is 51.2 Å². The van der Waals surface area contributed by atoms with Gasteiger partial charge in [0.15, 0.2) is 5.82 Å². The Morgan fingerprint density at radius 3 is 2.64 bits per heavy atom. The maximum Gasteiger partial charge on any atom is 0.272 e. The third-order valence-corrected chi connectivity index (χ3v) is 6.30. The van der Waals surface area contributed by atoms with Crippen LogP contribution >= 0.6 is 0 Å². The summed E-state index contributed by atoms with van der Waals surface area (Å²) in [4.78, 5) is 28.6. The highest BCUT2D eigenvalue weighted by atomic mass is 16.5. The van der Waals surface area contributed by atoms with Crippen molar-refractivity contribution in [1.29, 1.82) is 0 Å². The summed E-state index contributed by atoms with van der Waals surface area (Å²) in [6.07, 6.45) is 6.50. The van der Waals surface area contributed by atoms with Crippen molar-refractivity contribution in [2.24, 2.45) is 0 Å². The maximum atomic E-state index is 13.2. The Kier molecular flexibility index (Phi) is 5.80. The maximum absolute atomic E-state index is 13.2. The van der Waals surface area contributed by atoms with Crippen LogP contribution in [0.2, 0.25) is 0 Å². The molecule has 3 N–H and O–H groups in total. The van der Waals surface area contributed by atoms with Crippen LogP contribution in [0.5, 0.6) is 5.88 Å². The Balaban J connectivity index is 1.31. The van der Waals surface area contributed by atoms with Gasteiger partial charge in [0.2, 0.25) is 11.8 Å². The molecular weight excluding hydrogens is 420 g/mol. The minimum absolute atomic E-state index is 0.0298. The molecule has 2 aliphatic heterocycles. The zero-order valence-electron chi connectivity index (χ0n) is 18.8. The second kappa shape index (κ2) is 9.05. The molecule has 2 aliphatic rings. The fourth-order valence-electron chi connectivity index (χ4n) is 4.91. The third-order valence-electron chi connectivity index (χ3n) is 6.30. The monoisotopic (exact) mass is 448 g/mol. The van der Waals surface area contributed by atoms with Crippen LogP contribution in [-0.2, 0) is 0 Å². The Labute approximate surface area is 192 Å². The van der Waals surface area contributed by atoms with E-state index in [0.29, 0.717) is 29.2 Å². The fourth-order valence-corrected chi connectivity index (χ4v) is 4.91. The fraction of sp³-hybridized carbons (Fsp3) is 0.435. The first-order valence-electron chi connectivity index (χ1n) is 11.3. The van der Waals surface area contributed by atoms with Crippen LogP contribution in [0.4, 0.5) is 17.6 Å². The number of hydrogen-bond acceptors (Lipinski definition) is 8. The summed E-state index contributed by atoms with van der Waals surface area (Å²) in [5.41, 5.74) is 1.47. The number of rotatable bonds is 6. The molecule has 2 fully saturated rings. The second-order valence-corrected chi connectivity index (χ2v) is 8.66. The van der Waals surface area contributed by atoms with Gasteiger partial charge >= 0.3 is 0 Å². The predicted molar refractivity (Wildman–Crippen MR) is 124 cm³/mol. The summed E-state index contributed by atoms with van der Waals surface area (Å²) >= 11 is 0. The molecular formula is C23H28N8O2. The van der Waals surface area contributed by atoms with Crippen molar-refractivity contribution in [3.05, 3.63) is 47.9 Å². The van der Waals surface area contributed by atoms with Crippen LogP contribution in [0.15, 0.2) is 36.5 Å². The van der Waals surface area contributed by atoms with E-state index in [1.54, 1.807) is 25.4 Å². The minimum atomic E-state index is 0.0298. The number of methoxy groups -OCH3 is 1. The predicted octanol–water partition coefficient (Wildman–Crippen LogP) is 3.29. The molecule has 0 aliphatic carbocycles. The first kappa shape index (κ1) is 21.2. The van der Waals surface area contributed by atoms with Crippen molar-refractivity contribution in [1.82, 2.24) is 30.0 Å². The van der Waals surface area contributed by atoms with Gasteiger partial charge in [0, 0.05) is 42.1 Å². The molecule has 3 aromatic rings. The Morgan fingerprint density at radius 1 is 1.15 bits per heavy atom. The molecule has 3 aromatic heterocycles. The highest BCUT2D eigenvalue weighted by Gasteiger charge is 2.41. The summed E-state index contributed by atoms with van der Waals surface area (Å²) in [5.74, 6) is 2.26. The van der Waals surface area contributed by atoms with Gasteiger partial charge in [-0.3, -0.25) is 14.9 Å². The molecule has 0 spiro atoms. The molecule has 33 heavy (non-hydrogen) atoms. The zero-order valence-corrected chi connectivity index (χ0v) is 18.8. The number of anilines is 3. The molecule has 5 heterocycles. The quantitative estimate of drug-likeness (QED) is 0.525. The lowest BCUT2D eigenvalue weighted by Crippen LogP contribution is -2.57. The number of aryl methyl sites for hydroxylation is 1. The topological polar surface area (TPSA) is 121 Å². The van der Waals surface area contributed by atoms with Gasteiger partial charge in [0.1, 0.15) is 11.5 Å². The number of hydrogen-bond donors (Lipinski definition) is 3. The van der Waals surface area contributed by atoms with Gasteiger partial charge in [0.25, 0.3) is 5.91 Å². The Morgan fingerprint density at radius 2 is 1.97 bits per heavy atom. The lowest BCUT2D eigenvalue weighted by Gasteiger charge is -2.48. The van der Waals surface area contributed by atoms with E-state index in [1.807, 2.05) is 25.1 Å². The average Bonchev–Trinajstić information content (AvgIpc) is 3.22. The molecule has 2 saturated heterocycles. The summed E-state index contributed by atoms with van der Waals surface area (Å²) in [7, 11) is 1.58. The van der Waals surface area contributed by atoms with E-state index in [1.165, 1.54) is 0 Å². The van der Waals surface area contributed by atoms with E-state index in [-0.39, 0.29) is 24.0 Å². The molecule has 2 bridgehead atoms. The van der Waals surface area contributed by atoms with Crippen molar-refractivity contribution >= 4 is 23.5 Å². The van der Waals surface area contributed by atoms with Crippen LogP contribution in [0, 0.1) is 6.92 Å². The number of aromatic amines is 1. The lowest BCUT2D eigenvalue weighted by atomic mass is 9.81. The van der Waals surface area contributed by atoms with Crippen LogP contribution in [0.1, 0.15) is 48.3 Å². The molecule has 5 rings (SSSR count). The summed E-state index contributed by atoms with van der Waals surface area (Å²) in [5, 5.41) is 13.8. The van der Waals surface area contributed by atoms with Crippen molar-refractivity contribution in [3.8, 4) is 5.88 Å². The second-order valence-electron chi connectivity index (χ2n) is 8.66. The number of pyridine rings is 1. The van der Waals surface area contributed by atoms with E-state index in [4.69, 9.17) is 4.74 Å². The largest absolute Gasteiger partial charge is 0.481 e. The molecule has 10 nitrogen and oxygen atoms in total. The average molecular weight is 449 g/mol. The van der Waals surface area contributed by atoms with Crippen molar-refractivity contribution < 1.29 is 9.53 Å². The van der Waals surface area contributed by atoms with Gasteiger partial charge in [-0.25, -0.2) is 0 Å². The van der Waals surface area contributed by atoms with Crippen LogP contribution in [-0.4, -0.2) is 61.2 Å². The van der Waals surface area contributed by atoms with Gasteiger partial charge in [-0.15, -0.1) is 0 Å². The van der Waals surface area contributed by atoms with E-state index >= 15 is 0 Å². The summed E-state index contributed by atoms with van der Waals surface area (Å²) in [6, 6.07) is 9.65. The molecule has 0 radical (unpaired) electrons. The Bertz CT molecular complexity index is 1100. The van der Waals surface area contributed by atoms with Crippen LogP contribution in [0.3, 0.4) is 0 Å². The first-order valence-corrected chi connectivity index (χ1v) is 11.3. The summed E-state index contributed by atoms with van der Waals surface area (Å²) in [6.45, 7) is 1.94. The van der Waals surface area contributed by atoms with E-state index < -0.39 is 0 Å². The minimum Gasteiger partial charge on any atom is -0.481 e. The van der Waals surface area contributed by atoms with Gasteiger partial charge < -0.3 is 20.3 Å². The van der Waals surface area contributed by atoms with Crippen molar-refractivity contribution in [2.75, 3.05) is 17.7 Å². The number of carbonyl (C=O) groups is 1. The van der Waals surface area contributed by atoms with Crippen molar-refractivity contribution in [2.45, 2.75) is 57.2 Å². The number of nitrogens with zero attached hydrogens (tertiary/aromatic N) is 5. The third kappa shape index (κ3) is 4.59. The molecule has 172 valence electrons. The van der Waals surface area contributed by atoms with Gasteiger partial charge in [-0.2, -0.15) is 15.1 Å². The molecule has 0 saturated carbocycles. The van der Waals surface area contributed by atoms with E-state index in [9.17, 15) is 4.79 Å². The number of fused-ring (bicyclic) bond motifs is 2. The standard InChI is InChI=1S/C23H28N8O2/c1-14-10-20(30-29-14)26-19-13-21(33-2)28-23(27-19)25-15-11-16-6-5-7-17(12-15)31(16)22(32)18-8-3-4-9-24-18/h3-4,8-10,13,15-17H,5-7,11-12H2,1-2H3,(H3,25,26,27,28,29,30)/t15-,16-,17+. The molecule has 3 atom stereocenters. The number of piperidine rings is 2. The molecule has 0 aromatic carbocycles. The number of nitrogens with one attached hydrogen (secondary N) is 3. The molecule has 1 amide bonds. The Hall–Kier alpha value is -3.69. The first-order chi connectivity index (χ1) is 16.1. The number of amides is 1. The normalized spacial score (nSPS) is 22.0. The van der Waals surface area contributed by atoms with Crippen LogP contribution < -0.4 is 15.4 Å². The van der Waals surface area contributed by atoms with Crippen LogP contribution in [0.25, 0.3) is 0 Å². The van der Waals surface area contributed by atoms with E-state index in [2.05, 4.69) is 40.7 Å². The van der Waals surface area contributed by atoms with E-state index in [0.717, 1.165) is 37.8 Å². The zero-order chi connectivity index (χ0) is 22.8. The smallest absolute Gasteiger partial charge is 0.272 e. The molecule has 0 unspecified atom stereocenters. The van der Waals surface area contributed by atoms with Gasteiger partial charge in [0.05, 0.1) is 7.11 Å². The number of aromatic nitrogens is 5. The summed E-state index contributed by atoms with van der Waals surface area (Å²) < 4.78 is 5.38.